The first-order valence-corrected chi connectivity index (χ1v) is 7.44. The van der Waals surface area contributed by atoms with Crippen molar-refractivity contribution in [2.45, 2.75) is 39.2 Å². The Kier molecular flexibility index (Phi) is 4.74. The third-order valence-corrected chi connectivity index (χ3v) is 4.06. The second kappa shape index (κ2) is 6.52. The van der Waals surface area contributed by atoms with E-state index in [2.05, 4.69) is 30.3 Å². The first kappa shape index (κ1) is 13.8. The van der Waals surface area contributed by atoms with Gasteiger partial charge in [0.2, 0.25) is 5.91 Å². The molecule has 0 aliphatic rings. The van der Waals surface area contributed by atoms with Gasteiger partial charge in [0.15, 0.2) is 0 Å². The number of anilines is 1. The zero-order chi connectivity index (χ0) is 13.7. The van der Waals surface area contributed by atoms with Gasteiger partial charge in [-0.25, -0.2) is 4.68 Å². The number of thiophene rings is 1. The summed E-state index contributed by atoms with van der Waals surface area (Å²) in [7, 11) is 0. The van der Waals surface area contributed by atoms with Gasteiger partial charge in [-0.3, -0.25) is 4.79 Å². The summed E-state index contributed by atoms with van der Waals surface area (Å²) in [5.41, 5.74) is 0. The van der Waals surface area contributed by atoms with Gasteiger partial charge in [-0.05, 0) is 31.2 Å². The van der Waals surface area contributed by atoms with Gasteiger partial charge in [-0.1, -0.05) is 13.0 Å². The monoisotopic (exact) mass is 277 g/mol. The summed E-state index contributed by atoms with van der Waals surface area (Å²) < 4.78 is 1.86. The average molecular weight is 277 g/mol. The van der Waals surface area contributed by atoms with Crippen molar-refractivity contribution in [3.05, 3.63) is 34.7 Å². The number of aryl methyl sites for hydroxylation is 1. The molecule has 0 saturated carbocycles. The summed E-state index contributed by atoms with van der Waals surface area (Å²) in [6, 6.07) is 6.20. The minimum absolute atomic E-state index is 0.0402. The molecule has 1 unspecified atom stereocenters. The molecule has 5 heteroatoms. The highest BCUT2D eigenvalue weighted by Crippen LogP contribution is 2.17. The molecule has 102 valence electrons. The van der Waals surface area contributed by atoms with E-state index in [0.29, 0.717) is 12.5 Å². The number of hydrogen-bond acceptors (Lipinski definition) is 3. The van der Waals surface area contributed by atoms with Gasteiger partial charge in [0.1, 0.15) is 5.82 Å². The Morgan fingerprint density at radius 2 is 2.37 bits per heavy atom. The van der Waals surface area contributed by atoms with E-state index >= 15 is 0 Å². The molecule has 2 rings (SSSR count). The smallest absolute Gasteiger partial charge is 0.225 e. The van der Waals surface area contributed by atoms with Crippen LogP contribution in [0.1, 0.15) is 37.6 Å². The number of amides is 1. The molecule has 0 saturated heterocycles. The van der Waals surface area contributed by atoms with Gasteiger partial charge in [-0.15, -0.1) is 11.3 Å². The largest absolute Gasteiger partial charge is 0.311 e. The quantitative estimate of drug-likeness (QED) is 0.878. The topological polar surface area (TPSA) is 46.9 Å². The van der Waals surface area contributed by atoms with Crippen LogP contribution in [-0.2, 0) is 11.2 Å². The molecular formula is C14H19N3OS. The van der Waals surface area contributed by atoms with Crippen molar-refractivity contribution in [2.75, 3.05) is 5.32 Å². The predicted molar refractivity (Wildman–Crippen MR) is 78.5 cm³/mol. The number of hydrogen-bond donors (Lipinski definition) is 1. The number of rotatable bonds is 6. The van der Waals surface area contributed by atoms with Gasteiger partial charge in [0.25, 0.3) is 0 Å². The SMILES string of the molecule is CCC(C)n1nccc1NC(=O)CCc1cccs1. The summed E-state index contributed by atoms with van der Waals surface area (Å²) in [5, 5.41) is 9.22. The van der Waals surface area contributed by atoms with Crippen molar-refractivity contribution in [1.29, 1.82) is 0 Å². The van der Waals surface area contributed by atoms with Gasteiger partial charge in [-0.2, -0.15) is 5.10 Å². The maximum absolute atomic E-state index is 11.9. The Morgan fingerprint density at radius 3 is 3.05 bits per heavy atom. The van der Waals surface area contributed by atoms with Crippen LogP contribution in [0.3, 0.4) is 0 Å². The molecule has 2 aromatic heterocycles. The first-order chi connectivity index (χ1) is 9.20. The summed E-state index contributed by atoms with van der Waals surface area (Å²) in [5.74, 6) is 0.823. The molecule has 0 radical (unpaired) electrons. The van der Waals surface area contributed by atoms with Crippen LogP contribution in [0.4, 0.5) is 5.82 Å². The Balaban J connectivity index is 1.90. The van der Waals surface area contributed by atoms with E-state index < -0.39 is 0 Å². The number of nitrogens with zero attached hydrogens (tertiary/aromatic N) is 2. The van der Waals surface area contributed by atoms with Crippen LogP contribution in [0.5, 0.6) is 0 Å². The fourth-order valence-corrected chi connectivity index (χ4v) is 2.54. The standard InChI is InChI=1S/C14H19N3OS/c1-3-11(2)17-13(8-9-15-17)16-14(18)7-6-12-5-4-10-19-12/h4-5,8-11H,3,6-7H2,1-2H3,(H,16,18). The van der Waals surface area contributed by atoms with Gasteiger partial charge in [0, 0.05) is 17.4 Å². The molecule has 2 aromatic rings. The highest BCUT2D eigenvalue weighted by molar-refractivity contribution is 7.09. The van der Waals surface area contributed by atoms with Crippen molar-refractivity contribution < 1.29 is 4.79 Å². The van der Waals surface area contributed by atoms with Crippen LogP contribution in [0.15, 0.2) is 29.8 Å². The third-order valence-electron chi connectivity index (χ3n) is 3.12. The number of nitrogens with one attached hydrogen (secondary N) is 1. The van der Waals surface area contributed by atoms with Crippen molar-refractivity contribution in [2.24, 2.45) is 0 Å². The zero-order valence-corrected chi connectivity index (χ0v) is 12.1. The average Bonchev–Trinajstić information content (AvgIpc) is 3.06. The zero-order valence-electron chi connectivity index (χ0n) is 11.3. The van der Waals surface area contributed by atoms with Crippen LogP contribution < -0.4 is 5.32 Å². The van der Waals surface area contributed by atoms with E-state index in [0.717, 1.165) is 18.7 Å². The summed E-state index contributed by atoms with van der Waals surface area (Å²) in [4.78, 5) is 13.2. The maximum Gasteiger partial charge on any atom is 0.225 e. The lowest BCUT2D eigenvalue weighted by Crippen LogP contribution is -2.17. The van der Waals surface area contributed by atoms with Crippen molar-refractivity contribution in [3.63, 3.8) is 0 Å². The molecule has 0 bridgehead atoms. The van der Waals surface area contributed by atoms with Gasteiger partial charge < -0.3 is 5.32 Å². The van der Waals surface area contributed by atoms with Crippen molar-refractivity contribution >= 4 is 23.1 Å². The Labute approximate surface area is 117 Å². The second-order valence-corrected chi connectivity index (χ2v) is 5.58. The third kappa shape index (κ3) is 3.67. The molecule has 1 amide bonds. The highest BCUT2D eigenvalue weighted by atomic mass is 32.1. The summed E-state index contributed by atoms with van der Waals surface area (Å²) in [6.45, 7) is 4.20. The Hall–Kier alpha value is -1.62. The van der Waals surface area contributed by atoms with Gasteiger partial charge in [0.05, 0.1) is 12.2 Å². The van der Waals surface area contributed by atoms with Crippen LogP contribution in [0, 0.1) is 0 Å². The minimum atomic E-state index is 0.0402. The fourth-order valence-electron chi connectivity index (χ4n) is 1.83. The molecule has 0 aliphatic heterocycles. The van der Waals surface area contributed by atoms with Crippen molar-refractivity contribution in [1.82, 2.24) is 9.78 Å². The number of carbonyl (C=O) groups excluding carboxylic acids is 1. The molecule has 0 fully saturated rings. The number of carbonyl (C=O) groups is 1. The second-order valence-electron chi connectivity index (χ2n) is 4.55. The summed E-state index contributed by atoms with van der Waals surface area (Å²) >= 11 is 1.69. The fraction of sp³-hybridized carbons (Fsp3) is 0.429. The Bertz CT molecular complexity index is 519. The van der Waals surface area contributed by atoms with E-state index in [-0.39, 0.29) is 5.91 Å². The lowest BCUT2D eigenvalue weighted by molar-refractivity contribution is -0.116. The van der Waals surface area contributed by atoms with Crippen LogP contribution in [0.25, 0.3) is 0 Å². The normalized spacial score (nSPS) is 12.3. The van der Waals surface area contributed by atoms with Crippen LogP contribution in [-0.4, -0.2) is 15.7 Å². The van der Waals surface area contributed by atoms with E-state index in [1.807, 2.05) is 22.2 Å². The van der Waals surface area contributed by atoms with E-state index in [1.54, 1.807) is 17.5 Å². The lowest BCUT2D eigenvalue weighted by atomic mass is 10.2. The molecule has 0 aliphatic carbocycles. The molecule has 0 aromatic carbocycles. The van der Waals surface area contributed by atoms with E-state index in [1.165, 1.54) is 4.88 Å². The van der Waals surface area contributed by atoms with Crippen LogP contribution in [0.2, 0.25) is 0 Å². The predicted octanol–water partition coefficient (Wildman–Crippen LogP) is 3.49. The maximum atomic E-state index is 11.9. The molecule has 0 spiro atoms. The van der Waals surface area contributed by atoms with Crippen LogP contribution >= 0.6 is 11.3 Å². The molecular weight excluding hydrogens is 258 g/mol. The Morgan fingerprint density at radius 1 is 1.53 bits per heavy atom. The minimum Gasteiger partial charge on any atom is -0.311 e. The lowest BCUT2D eigenvalue weighted by Gasteiger charge is -2.14. The van der Waals surface area contributed by atoms with Gasteiger partial charge >= 0.3 is 0 Å². The highest BCUT2D eigenvalue weighted by Gasteiger charge is 2.11. The van der Waals surface area contributed by atoms with E-state index in [4.69, 9.17) is 0 Å². The molecule has 2 heterocycles. The molecule has 1 atom stereocenters. The first-order valence-electron chi connectivity index (χ1n) is 6.56. The molecule has 1 N–H and O–H groups in total. The summed E-state index contributed by atoms with van der Waals surface area (Å²) in [6.07, 6.45) is 4.01. The molecule has 19 heavy (non-hydrogen) atoms. The van der Waals surface area contributed by atoms with E-state index in [9.17, 15) is 4.79 Å². The van der Waals surface area contributed by atoms with Crippen molar-refractivity contribution in [3.8, 4) is 0 Å². The number of aromatic nitrogens is 2. The molecule has 4 nitrogen and oxygen atoms in total.